The van der Waals surface area contributed by atoms with Crippen molar-refractivity contribution in [3.8, 4) is 0 Å². The van der Waals surface area contributed by atoms with E-state index in [1.54, 1.807) is 0 Å². The van der Waals surface area contributed by atoms with Crippen LogP contribution in [-0.4, -0.2) is 19.7 Å². The Balaban J connectivity index is 2.27. The van der Waals surface area contributed by atoms with Crippen LogP contribution in [0.15, 0.2) is 0 Å². The summed E-state index contributed by atoms with van der Waals surface area (Å²) in [6.45, 7) is 10.8. The lowest BCUT2D eigenvalue weighted by Gasteiger charge is -2.13. The van der Waals surface area contributed by atoms with E-state index < -0.39 is 0 Å². The molecule has 2 rings (SSSR count). The number of aryl methyl sites for hydroxylation is 2. The van der Waals surface area contributed by atoms with Crippen molar-refractivity contribution in [2.24, 2.45) is 7.05 Å². The summed E-state index contributed by atoms with van der Waals surface area (Å²) in [6.07, 6.45) is 0. The van der Waals surface area contributed by atoms with E-state index in [1.807, 2.05) is 25.6 Å². The number of hydrogen-bond acceptors (Lipinski definition) is 5. The number of nitrogens with zero attached hydrogens (tertiary/aromatic N) is 4. The second-order valence-corrected chi connectivity index (χ2v) is 5.72. The van der Waals surface area contributed by atoms with E-state index in [2.05, 4.69) is 41.2 Å². The second kappa shape index (κ2) is 5.71. The van der Waals surface area contributed by atoms with Gasteiger partial charge in [0, 0.05) is 36.3 Å². The van der Waals surface area contributed by atoms with Crippen LogP contribution in [0.5, 0.6) is 0 Å². The minimum Gasteiger partial charge on any atom is -0.383 e. The van der Waals surface area contributed by atoms with Crippen molar-refractivity contribution in [1.82, 2.24) is 19.7 Å². The Morgan fingerprint density at radius 3 is 2.38 bits per heavy atom. The molecule has 0 atom stereocenters. The van der Waals surface area contributed by atoms with Crippen LogP contribution < -0.4 is 11.1 Å². The van der Waals surface area contributed by atoms with Gasteiger partial charge in [0.2, 0.25) is 0 Å². The summed E-state index contributed by atoms with van der Waals surface area (Å²) in [5.74, 6) is 2.35. The molecule has 0 spiro atoms. The minimum absolute atomic E-state index is 0.246. The molecule has 0 aliphatic carbocycles. The normalized spacial score (nSPS) is 11.2. The topological polar surface area (TPSA) is 81.7 Å². The number of rotatable bonds is 4. The van der Waals surface area contributed by atoms with Crippen LogP contribution in [-0.2, 0) is 13.6 Å². The van der Waals surface area contributed by atoms with Gasteiger partial charge >= 0.3 is 0 Å². The fraction of sp³-hybridized carbons (Fsp3) is 0.533. The number of anilines is 2. The highest BCUT2D eigenvalue weighted by atomic mass is 15.3. The average molecular weight is 288 g/mol. The van der Waals surface area contributed by atoms with E-state index in [1.165, 1.54) is 5.56 Å². The van der Waals surface area contributed by atoms with E-state index >= 15 is 0 Å². The molecule has 6 heteroatoms. The number of nitrogen functional groups attached to an aromatic ring is 1. The lowest BCUT2D eigenvalue weighted by atomic mass is 10.2. The molecular formula is C15H24N6. The van der Waals surface area contributed by atoms with Crippen LogP contribution >= 0.6 is 0 Å². The quantitative estimate of drug-likeness (QED) is 0.903. The molecular weight excluding hydrogens is 264 g/mol. The predicted molar refractivity (Wildman–Crippen MR) is 85.3 cm³/mol. The Morgan fingerprint density at radius 2 is 1.86 bits per heavy atom. The Bertz CT molecular complexity index is 657. The van der Waals surface area contributed by atoms with Crippen molar-refractivity contribution >= 4 is 11.6 Å². The summed E-state index contributed by atoms with van der Waals surface area (Å²) in [6, 6.07) is 0. The Labute approximate surface area is 125 Å². The number of aromatic nitrogens is 4. The summed E-state index contributed by atoms with van der Waals surface area (Å²) in [4.78, 5) is 8.92. The van der Waals surface area contributed by atoms with Crippen molar-refractivity contribution in [2.45, 2.75) is 47.1 Å². The molecule has 0 aliphatic rings. The number of nitrogens with one attached hydrogen (secondary N) is 1. The van der Waals surface area contributed by atoms with E-state index in [-0.39, 0.29) is 5.92 Å². The van der Waals surface area contributed by atoms with Gasteiger partial charge in [0.15, 0.2) is 0 Å². The first-order valence-electron chi connectivity index (χ1n) is 7.18. The van der Waals surface area contributed by atoms with Crippen molar-refractivity contribution < 1.29 is 0 Å². The zero-order valence-electron chi connectivity index (χ0n) is 13.7. The standard InChI is InChI=1S/C15H24N6/c1-8(2)14-18-13(16)9(3)15(19-14)17-7-12-10(4)20-21(6)11(12)5/h8H,7H2,1-6H3,(H3,16,17,18,19). The summed E-state index contributed by atoms with van der Waals surface area (Å²) in [5, 5.41) is 7.80. The number of nitrogens with two attached hydrogens (primary N) is 1. The zero-order chi connectivity index (χ0) is 15.7. The number of hydrogen-bond donors (Lipinski definition) is 2. The summed E-state index contributed by atoms with van der Waals surface area (Å²) in [5.41, 5.74) is 10.3. The maximum Gasteiger partial charge on any atom is 0.135 e. The van der Waals surface area contributed by atoms with Gasteiger partial charge in [-0.15, -0.1) is 0 Å². The minimum atomic E-state index is 0.246. The van der Waals surface area contributed by atoms with Gasteiger partial charge in [-0.3, -0.25) is 4.68 Å². The van der Waals surface area contributed by atoms with Crippen LogP contribution in [0.4, 0.5) is 11.6 Å². The molecule has 21 heavy (non-hydrogen) atoms. The van der Waals surface area contributed by atoms with Gasteiger partial charge in [-0.25, -0.2) is 9.97 Å². The molecule has 0 saturated heterocycles. The third-order valence-electron chi connectivity index (χ3n) is 3.81. The molecule has 0 unspecified atom stereocenters. The highest BCUT2D eigenvalue weighted by Gasteiger charge is 2.13. The lowest BCUT2D eigenvalue weighted by Crippen LogP contribution is -2.11. The molecule has 0 fully saturated rings. The first-order valence-corrected chi connectivity index (χ1v) is 7.18. The summed E-state index contributed by atoms with van der Waals surface area (Å²) < 4.78 is 1.90. The third-order valence-corrected chi connectivity index (χ3v) is 3.81. The molecule has 0 bridgehead atoms. The van der Waals surface area contributed by atoms with Gasteiger partial charge in [-0.2, -0.15) is 5.10 Å². The first kappa shape index (κ1) is 15.3. The smallest absolute Gasteiger partial charge is 0.135 e. The molecule has 0 radical (unpaired) electrons. The van der Waals surface area contributed by atoms with Crippen LogP contribution in [0.1, 0.15) is 48.1 Å². The molecule has 0 aromatic carbocycles. The van der Waals surface area contributed by atoms with Crippen molar-refractivity contribution in [3.05, 3.63) is 28.3 Å². The van der Waals surface area contributed by atoms with Gasteiger partial charge in [0.1, 0.15) is 17.5 Å². The summed E-state index contributed by atoms with van der Waals surface area (Å²) in [7, 11) is 1.95. The molecule has 2 aromatic heterocycles. The van der Waals surface area contributed by atoms with E-state index in [0.29, 0.717) is 12.4 Å². The molecule has 2 aromatic rings. The van der Waals surface area contributed by atoms with E-state index in [9.17, 15) is 0 Å². The van der Waals surface area contributed by atoms with Gasteiger partial charge in [-0.1, -0.05) is 13.8 Å². The second-order valence-electron chi connectivity index (χ2n) is 5.72. The average Bonchev–Trinajstić information content (AvgIpc) is 2.65. The van der Waals surface area contributed by atoms with Gasteiger partial charge in [0.05, 0.1) is 5.69 Å². The van der Waals surface area contributed by atoms with Crippen LogP contribution in [0.3, 0.4) is 0 Å². The molecule has 2 heterocycles. The van der Waals surface area contributed by atoms with Crippen LogP contribution in [0.2, 0.25) is 0 Å². The molecule has 0 saturated carbocycles. The molecule has 3 N–H and O–H groups in total. The van der Waals surface area contributed by atoms with E-state index in [0.717, 1.165) is 28.6 Å². The third kappa shape index (κ3) is 2.99. The van der Waals surface area contributed by atoms with Gasteiger partial charge < -0.3 is 11.1 Å². The Morgan fingerprint density at radius 1 is 1.19 bits per heavy atom. The van der Waals surface area contributed by atoms with Gasteiger partial charge in [-0.05, 0) is 20.8 Å². The maximum absolute atomic E-state index is 5.98. The van der Waals surface area contributed by atoms with Gasteiger partial charge in [0.25, 0.3) is 0 Å². The maximum atomic E-state index is 5.98. The highest BCUT2D eigenvalue weighted by molar-refractivity contribution is 5.55. The van der Waals surface area contributed by atoms with Crippen molar-refractivity contribution in [3.63, 3.8) is 0 Å². The molecule has 0 aliphatic heterocycles. The fourth-order valence-corrected chi connectivity index (χ4v) is 2.23. The Hall–Kier alpha value is -2.11. The van der Waals surface area contributed by atoms with Crippen LogP contribution in [0.25, 0.3) is 0 Å². The predicted octanol–water partition coefficient (Wildman–Crippen LogP) is 2.45. The zero-order valence-corrected chi connectivity index (χ0v) is 13.7. The SMILES string of the molecule is Cc1nn(C)c(C)c1CNc1nc(C(C)C)nc(N)c1C. The lowest BCUT2D eigenvalue weighted by molar-refractivity contribution is 0.730. The monoisotopic (exact) mass is 288 g/mol. The largest absolute Gasteiger partial charge is 0.383 e. The van der Waals surface area contributed by atoms with Crippen molar-refractivity contribution in [2.75, 3.05) is 11.1 Å². The molecule has 6 nitrogen and oxygen atoms in total. The molecule has 0 amide bonds. The fourth-order valence-electron chi connectivity index (χ4n) is 2.23. The van der Waals surface area contributed by atoms with Crippen molar-refractivity contribution in [1.29, 1.82) is 0 Å². The molecule has 114 valence electrons. The van der Waals surface area contributed by atoms with E-state index in [4.69, 9.17) is 5.73 Å². The Kier molecular flexibility index (Phi) is 4.16. The summed E-state index contributed by atoms with van der Waals surface area (Å²) >= 11 is 0. The first-order chi connectivity index (χ1) is 9.81. The highest BCUT2D eigenvalue weighted by Crippen LogP contribution is 2.22. The van der Waals surface area contributed by atoms with Crippen LogP contribution in [0, 0.1) is 20.8 Å².